The summed E-state index contributed by atoms with van der Waals surface area (Å²) in [4.78, 5) is 16.6. The van der Waals surface area contributed by atoms with Crippen molar-refractivity contribution in [3.8, 4) is 11.8 Å². The van der Waals surface area contributed by atoms with E-state index in [2.05, 4.69) is 42.4 Å². The molecule has 6 heteroatoms. The van der Waals surface area contributed by atoms with E-state index >= 15 is 0 Å². The van der Waals surface area contributed by atoms with Crippen LogP contribution >= 0.6 is 11.8 Å². The van der Waals surface area contributed by atoms with Crippen molar-refractivity contribution >= 4 is 17.7 Å². The van der Waals surface area contributed by atoms with E-state index in [1.165, 1.54) is 22.9 Å². The molecule has 1 amide bonds. The molecule has 1 aromatic carbocycles. The van der Waals surface area contributed by atoms with E-state index in [0.29, 0.717) is 0 Å². The molecule has 5 nitrogen and oxygen atoms in total. The second-order valence-electron chi connectivity index (χ2n) is 6.77. The highest BCUT2D eigenvalue weighted by atomic mass is 32.2. The van der Waals surface area contributed by atoms with Crippen molar-refractivity contribution in [1.29, 1.82) is 5.26 Å². The molecule has 0 saturated heterocycles. The highest BCUT2D eigenvalue weighted by Crippen LogP contribution is 2.39. The van der Waals surface area contributed by atoms with E-state index < -0.39 is 5.54 Å². The quantitative estimate of drug-likeness (QED) is 0.807. The number of amides is 1. The Hall–Kier alpha value is -2.26. The maximum Gasteiger partial charge on any atom is 0.231 e. The molecular formula is C19H22N4OS. The number of thioether (sulfide) groups is 1. The van der Waals surface area contributed by atoms with Gasteiger partial charge in [-0.3, -0.25) is 9.36 Å². The molecule has 1 N–H and O–H groups in total. The molecule has 1 aliphatic rings. The van der Waals surface area contributed by atoms with Gasteiger partial charge in [0.25, 0.3) is 0 Å². The Morgan fingerprint density at radius 2 is 2.20 bits per heavy atom. The molecule has 0 bridgehead atoms. The van der Waals surface area contributed by atoms with E-state index in [1.807, 2.05) is 23.8 Å². The third-order valence-electron chi connectivity index (χ3n) is 4.73. The Balaban J connectivity index is 1.66. The summed E-state index contributed by atoms with van der Waals surface area (Å²) in [6.07, 6.45) is 5.65. The van der Waals surface area contributed by atoms with Gasteiger partial charge in [0.1, 0.15) is 5.54 Å². The summed E-state index contributed by atoms with van der Waals surface area (Å²) >= 11 is 1.38. The zero-order valence-electron chi connectivity index (χ0n) is 14.7. The summed E-state index contributed by atoms with van der Waals surface area (Å²) in [6.45, 7) is 5.97. The van der Waals surface area contributed by atoms with Gasteiger partial charge in [-0.05, 0) is 62.8 Å². The van der Waals surface area contributed by atoms with Gasteiger partial charge < -0.3 is 5.32 Å². The zero-order chi connectivity index (χ0) is 18.0. The topological polar surface area (TPSA) is 70.7 Å². The van der Waals surface area contributed by atoms with Gasteiger partial charge in [0.2, 0.25) is 5.91 Å². The lowest BCUT2D eigenvalue weighted by Gasteiger charge is -2.22. The number of hydrogen-bond acceptors (Lipinski definition) is 4. The maximum atomic E-state index is 12.3. The molecule has 1 saturated carbocycles. The third-order valence-corrected chi connectivity index (χ3v) is 5.70. The Kier molecular flexibility index (Phi) is 4.87. The highest BCUT2D eigenvalue weighted by Gasteiger charge is 2.42. The highest BCUT2D eigenvalue weighted by molar-refractivity contribution is 7.99. The van der Waals surface area contributed by atoms with Crippen molar-refractivity contribution in [2.24, 2.45) is 5.92 Å². The van der Waals surface area contributed by atoms with E-state index in [1.54, 1.807) is 6.20 Å². The van der Waals surface area contributed by atoms with Crippen LogP contribution in [0.5, 0.6) is 0 Å². The van der Waals surface area contributed by atoms with Crippen molar-refractivity contribution < 1.29 is 4.79 Å². The largest absolute Gasteiger partial charge is 0.337 e. The first-order chi connectivity index (χ1) is 11.9. The molecule has 1 aromatic heterocycles. The van der Waals surface area contributed by atoms with Gasteiger partial charge in [0, 0.05) is 18.1 Å². The first-order valence-corrected chi connectivity index (χ1v) is 9.37. The lowest BCUT2D eigenvalue weighted by Crippen LogP contribution is -2.47. The molecule has 0 unspecified atom stereocenters. The fraction of sp³-hybridized carbons (Fsp3) is 0.421. The average Bonchev–Trinajstić information content (AvgIpc) is 3.35. The van der Waals surface area contributed by atoms with Crippen molar-refractivity contribution in [2.75, 3.05) is 5.75 Å². The monoisotopic (exact) mass is 354 g/mol. The number of hydrogen-bond donors (Lipinski definition) is 1. The second kappa shape index (κ2) is 6.93. The molecule has 1 heterocycles. The van der Waals surface area contributed by atoms with Crippen LogP contribution in [0.25, 0.3) is 5.69 Å². The van der Waals surface area contributed by atoms with Crippen molar-refractivity contribution in [3.05, 3.63) is 41.7 Å². The molecule has 25 heavy (non-hydrogen) atoms. The van der Waals surface area contributed by atoms with Crippen molar-refractivity contribution in [3.63, 3.8) is 0 Å². The number of aromatic nitrogens is 2. The Morgan fingerprint density at radius 3 is 2.84 bits per heavy atom. The van der Waals surface area contributed by atoms with E-state index in [0.717, 1.165) is 23.7 Å². The molecule has 130 valence electrons. The van der Waals surface area contributed by atoms with Gasteiger partial charge in [-0.25, -0.2) is 4.98 Å². The fourth-order valence-corrected chi connectivity index (χ4v) is 3.58. The van der Waals surface area contributed by atoms with Gasteiger partial charge >= 0.3 is 0 Å². The Bertz CT molecular complexity index is 834. The summed E-state index contributed by atoms with van der Waals surface area (Å²) < 4.78 is 1.98. The van der Waals surface area contributed by atoms with Crippen molar-refractivity contribution in [2.45, 2.75) is 44.3 Å². The predicted octanol–water partition coefficient (Wildman–Crippen LogP) is 3.39. The SMILES string of the molecule is Cc1ccc(-n2ccnc2SCC(=O)N[C@](C)(C#N)C2CC2)cc1C. The summed E-state index contributed by atoms with van der Waals surface area (Å²) in [5.74, 6) is 0.394. The number of nitriles is 1. The Labute approximate surface area is 152 Å². The van der Waals surface area contributed by atoms with Crippen LogP contribution in [-0.4, -0.2) is 26.8 Å². The normalized spacial score (nSPS) is 16.1. The van der Waals surface area contributed by atoms with Crippen molar-refractivity contribution in [1.82, 2.24) is 14.9 Å². The molecular weight excluding hydrogens is 332 g/mol. The molecule has 0 aliphatic heterocycles. The first kappa shape index (κ1) is 17.6. The summed E-state index contributed by atoms with van der Waals surface area (Å²) in [5.41, 5.74) is 2.74. The molecule has 1 aliphatic carbocycles. The van der Waals surface area contributed by atoms with Crippen LogP contribution in [0.2, 0.25) is 0 Å². The van der Waals surface area contributed by atoms with Gasteiger partial charge in [-0.15, -0.1) is 0 Å². The number of aryl methyl sites for hydroxylation is 2. The third kappa shape index (κ3) is 3.88. The summed E-state index contributed by atoms with van der Waals surface area (Å²) in [7, 11) is 0. The van der Waals surface area contributed by atoms with Crippen LogP contribution in [0.1, 0.15) is 30.9 Å². The van der Waals surface area contributed by atoms with E-state index in [-0.39, 0.29) is 17.6 Å². The zero-order valence-corrected chi connectivity index (χ0v) is 15.6. The fourth-order valence-electron chi connectivity index (χ4n) is 2.81. The molecule has 0 spiro atoms. The summed E-state index contributed by atoms with van der Waals surface area (Å²) in [5, 5.41) is 13.0. The van der Waals surface area contributed by atoms with Crippen LogP contribution in [0, 0.1) is 31.1 Å². The van der Waals surface area contributed by atoms with Gasteiger partial charge in [0.05, 0.1) is 11.8 Å². The molecule has 1 atom stereocenters. The Morgan fingerprint density at radius 1 is 1.44 bits per heavy atom. The number of carbonyl (C=O) groups is 1. The van der Waals surface area contributed by atoms with Gasteiger partial charge in [-0.1, -0.05) is 17.8 Å². The second-order valence-corrected chi connectivity index (χ2v) is 7.72. The number of nitrogens with one attached hydrogen (secondary N) is 1. The number of imidazole rings is 1. The predicted molar refractivity (Wildman–Crippen MR) is 98.6 cm³/mol. The molecule has 0 radical (unpaired) electrons. The summed E-state index contributed by atoms with van der Waals surface area (Å²) in [6, 6.07) is 8.50. The minimum absolute atomic E-state index is 0.129. The number of benzene rings is 1. The average molecular weight is 354 g/mol. The molecule has 1 fully saturated rings. The molecule has 3 rings (SSSR count). The number of nitrogens with zero attached hydrogens (tertiary/aromatic N) is 3. The van der Waals surface area contributed by atoms with Gasteiger partial charge in [-0.2, -0.15) is 5.26 Å². The van der Waals surface area contributed by atoms with Crippen LogP contribution < -0.4 is 5.32 Å². The lowest BCUT2D eigenvalue weighted by atomic mass is 9.98. The van der Waals surface area contributed by atoms with E-state index in [9.17, 15) is 10.1 Å². The standard InChI is InChI=1S/C19H22N4OS/c1-13-4-7-16(10-14(13)2)23-9-8-21-18(23)25-11-17(24)22-19(3,12-20)15-5-6-15/h4,7-10,15H,5-6,11H2,1-3H3,(H,22,24)/t19-/m1/s1. The minimum atomic E-state index is -0.749. The number of carbonyl (C=O) groups excluding carboxylic acids is 1. The van der Waals surface area contributed by atoms with E-state index in [4.69, 9.17) is 0 Å². The van der Waals surface area contributed by atoms with Gasteiger partial charge in [0.15, 0.2) is 5.16 Å². The number of rotatable bonds is 6. The minimum Gasteiger partial charge on any atom is -0.337 e. The first-order valence-electron chi connectivity index (χ1n) is 8.39. The lowest BCUT2D eigenvalue weighted by molar-refractivity contribution is -0.119. The maximum absolute atomic E-state index is 12.3. The van der Waals surface area contributed by atoms with Crippen LogP contribution in [0.3, 0.4) is 0 Å². The smallest absolute Gasteiger partial charge is 0.231 e. The van der Waals surface area contributed by atoms with Crippen LogP contribution in [-0.2, 0) is 4.79 Å². The molecule has 2 aromatic rings. The van der Waals surface area contributed by atoms with Crippen LogP contribution in [0.4, 0.5) is 0 Å². The van der Waals surface area contributed by atoms with Crippen LogP contribution in [0.15, 0.2) is 35.7 Å².